The number of allylic oxidation sites excluding steroid dienone is 1. The van der Waals surface area contributed by atoms with E-state index in [0.29, 0.717) is 23.3 Å². The normalized spacial score (nSPS) is 11.1. The van der Waals surface area contributed by atoms with E-state index in [0.717, 1.165) is 16.0 Å². The minimum atomic E-state index is -0.332. The Labute approximate surface area is 176 Å². The quantitative estimate of drug-likeness (QED) is 0.442. The van der Waals surface area contributed by atoms with Gasteiger partial charge in [0.05, 0.1) is 6.54 Å². The molecule has 0 saturated carbocycles. The lowest BCUT2D eigenvalue weighted by atomic mass is 10.2. The van der Waals surface area contributed by atoms with Gasteiger partial charge in [-0.2, -0.15) is 9.67 Å². The molecule has 3 heterocycles. The molecule has 0 spiro atoms. The summed E-state index contributed by atoms with van der Waals surface area (Å²) in [4.78, 5) is 22.6. The van der Waals surface area contributed by atoms with Gasteiger partial charge >= 0.3 is 0 Å². The van der Waals surface area contributed by atoms with E-state index >= 15 is 0 Å². The highest BCUT2D eigenvalue weighted by molar-refractivity contribution is 7.09. The van der Waals surface area contributed by atoms with E-state index in [2.05, 4.69) is 20.4 Å². The molecule has 8 heteroatoms. The Morgan fingerprint density at radius 2 is 2.07 bits per heavy atom. The Balaban J connectivity index is 1.63. The maximum absolute atomic E-state index is 12.8. The fraction of sp³-hybridized carbons (Fsp3) is 0.0476. The number of hydrogen-bond acceptors (Lipinski definition) is 6. The van der Waals surface area contributed by atoms with Gasteiger partial charge in [0.1, 0.15) is 0 Å². The van der Waals surface area contributed by atoms with Crippen LogP contribution in [0.1, 0.15) is 15.2 Å². The molecular weight excluding hydrogens is 406 g/mol. The Morgan fingerprint density at radius 1 is 1.17 bits per heavy atom. The number of thiophene rings is 1. The van der Waals surface area contributed by atoms with Crippen molar-refractivity contribution < 1.29 is 4.79 Å². The molecule has 1 aromatic carbocycles. The number of nitrogens with one attached hydrogen (secondary N) is 1. The second-order valence-corrected chi connectivity index (χ2v) is 7.48. The van der Waals surface area contributed by atoms with E-state index in [1.165, 1.54) is 10.8 Å². The lowest BCUT2D eigenvalue weighted by Crippen LogP contribution is -2.14. The number of hydrogen-bond donors (Lipinski definition) is 1. The first-order valence-electron chi connectivity index (χ1n) is 8.81. The van der Waals surface area contributed by atoms with Gasteiger partial charge in [-0.1, -0.05) is 35.9 Å². The molecule has 4 aromatic rings. The molecule has 144 valence electrons. The zero-order valence-electron chi connectivity index (χ0n) is 15.2. The molecule has 0 radical (unpaired) electrons. The average molecular weight is 422 g/mol. The number of aromatic nitrogens is 4. The Bertz CT molecular complexity index is 1140. The molecule has 6 nitrogen and oxygen atoms in total. The van der Waals surface area contributed by atoms with Crippen LogP contribution < -0.4 is 5.32 Å². The summed E-state index contributed by atoms with van der Waals surface area (Å²) in [6, 6.07) is 14.9. The monoisotopic (exact) mass is 421 g/mol. The average Bonchev–Trinajstić information content (AvgIpc) is 3.42. The van der Waals surface area contributed by atoms with Crippen LogP contribution in [-0.2, 0) is 6.54 Å². The number of carbonyl (C=O) groups excluding carboxylic acids is 1. The highest BCUT2D eigenvalue weighted by Crippen LogP contribution is 2.20. The first-order valence-corrected chi connectivity index (χ1v) is 10.1. The second kappa shape index (κ2) is 8.81. The molecule has 0 unspecified atom stereocenters. The van der Waals surface area contributed by atoms with Gasteiger partial charge in [-0.25, -0.2) is 0 Å². The Morgan fingerprint density at radius 3 is 2.83 bits per heavy atom. The van der Waals surface area contributed by atoms with Crippen LogP contribution in [-0.4, -0.2) is 25.7 Å². The molecule has 1 N–H and O–H groups in total. The van der Waals surface area contributed by atoms with Crippen LogP contribution in [0.5, 0.6) is 0 Å². The maximum atomic E-state index is 12.8. The summed E-state index contributed by atoms with van der Waals surface area (Å²) in [7, 11) is 0. The van der Waals surface area contributed by atoms with Crippen LogP contribution in [0.4, 0.5) is 5.95 Å². The Hall–Kier alpha value is -3.29. The van der Waals surface area contributed by atoms with E-state index in [-0.39, 0.29) is 5.91 Å². The number of rotatable bonds is 6. The van der Waals surface area contributed by atoms with Crippen molar-refractivity contribution in [3.05, 3.63) is 87.8 Å². The van der Waals surface area contributed by atoms with Crippen molar-refractivity contribution in [2.75, 3.05) is 5.32 Å². The van der Waals surface area contributed by atoms with Crippen LogP contribution in [0.25, 0.3) is 17.5 Å². The summed E-state index contributed by atoms with van der Waals surface area (Å²) < 4.78 is 1.25. The molecule has 0 bridgehead atoms. The summed E-state index contributed by atoms with van der Waals surface area (Å²) in [5.41, 5.74) is 1.48. The van der Waals surface area contributed by atoms with Crippen molar-refractivity contribution in [1.82, 2.24) is 19.7 Å². The van der Waals surface area contributed by atoms with Crippen molar-refractivity contribution in [3.63, 3.8) is 0 Å². The molecule has 0 atom stereocenters. The molecule has 29 heavy (non-hydrogen) atoms. The second-order valence-electron chi connectivity index (χ2n) is 6.04. The fourth-order valence-corrected chi connectivity index (χ4v) is 3.46. The van der Waals surface area contributed by atoms with E-state index in [9.17, 15) is 4.79 Å². The summed E-state index contributed by atoms with van der Waals surface area (Å²) in [6.07, 6.45) is 6.43. The van der Waals surface area contributed by atoms with Crippen LogP contribution in [0.2, 0.25) is 5.02 Å². The van der Waals surface area contributed by atoms with Crippen molar-refractivity contribution in [2.24, 2.45) is 0 Å². The van der Waals surface area contributed by atoms with Crippen LogP contribution in [0.15, 0.2) is 72.4 Å². The number of nitrogens with zero attached hydrogens (tertiary/aromatic N) is 4. The Kier molecular flexibility index (Phi) is 5.79. The maximum Gasteiger partial charge on any atom is 0.274 e. The number of carbonyl (C=O) groups is 1. The largest absolute Gasteiger partial charge is 0.349 e. The van der Waals surface area contributed by atoms with E-state index in [1.807, 2.05) is 41.8 Å². The van der Waals surface area contributed by atoms with Crippen LogP contribution >= 0.6 is 22.9 Å². The summed E-state index contributed by atoms with van der Waals surface area (Å²) in [6.45, 7) is 0.546. The topological polar surface area (TPSA) is 72.7 Å². The van der Waals surface area contributed by atoms with Gasteiger partial charge in [0.25, 0.3) is 5.91 Å². The van der Waals surface area contributed by atoms with E-state index in [4.69, 9.17) is 11.6 Å². The third kappa shape index (κ3) is 4.59. The van der Waals surface area contributed by atoms with Gasteiger partial charge in [0, 0.05) is 33.9 Å². The van der Waals surface area contributed by atoms with Crippen molar-refractivity contribution in [2.45, 2.75) is 6.54 Å². The standard InChI is InChI=1S/C21H16ClN5OS/c22-18-8-2-1-5-15(18)9-10-19(28)27-21(24-14-17-7-4-12-29-17)25-20(26-27)16-6-3-11-23-13-16/h1-13H,14H2,(H,24,25,26). The highest BCUT2D eigenvalue weighted by Gasteiger charge is 2.16. The fourth-order valence-electron chi connectivity index (χ4n) is 2.62. The first-order chi connectivity index (χ1) is 14.2. The van der Waals surface area contributed by atoms with Gasteiger partial charge in [-0.3, -0.25) is 9.78 Å². The van der Waals surface area contributed by atoms with Gasteiger partial charge in [-0.15, -0.1) is 16.4 Å². The summed E-state index contributed by atoms with van der Waals surface area (Å²) in [5, 5.41) is 10.2. The minimum absolute atomic E-state index is 0.332. The van der Waals surface area contributed by atoms with Crippen molar-refractivity contribution in [3.8, 4) is 11.4 Å². The van der Waals surface area contributed by atoms with Gasteiger partial charge in [-0.05, 0) is 41.3 Å². The lowest BCUT2D eigenvalue weighted by Gasteiger charge is -2.04. The van der Waals surface area contributed by atoms with Gasteiger partial charge in [0.15, 0.2) is 5.82 Å². The molecule has 0 aliphatic heterocycles. The van der Waals surface area contributed by atoms with Crippen molar-refractivity contribution >= 4 is 40.9 Å². The van der Waals surface area contributed by atoms with E-state index < -0.39 is 0 Å². The smallest absolute Gasteiger partial charge is 0.274 e. The lowest BCUT2D eigenvalue weighted by molar-refractivity contribution is 0.0957. The first kappa shape index (κ1) is 19.0. The minimum Gasteiger partial charge on any atom is -0.349 e. The third-order valence-corrected chi connectivity index (χ3v) is 5.27. The molecule has 3 aromatic heterocycles. The number of anilines is 1. The summed E-state index contributed by atoms with van der Waals surface area (Å²) in [5.74, 6) is 0.457. The molecule has 0 saturated heterocycles. The SMILES string of the molecule is O=C(C=Cc1ccccc1Cl)n1nc(-c2cccnc2)nc1NCc1cccs1. The predicted molar refractivity (Wildman–Crippen MR) is 116 cm³/mol. The third-order valence-electron chi connectivity index (χ3n) is 4.05. The zero-order chi connectivity index (χ0) is 20.1. The number of pyridine rings is 1. The van der Waals surface area contributed by atoms with Crippen LogP contribution in [0, 0.1) is 0 Å². The molecule has 0 fully saturated rings. The van der Waals surface area contributed by atoms with Gasteiger partial charge in [0.2, 0.25) is 5.95 Å². The molecule has 0 aliphatic carbocycles. The van der Waals surface area contributed by atoms with Crippen molar-refractivity contribution in [1.29, 1.82) is 0 Å². The predicted octanol–water partition coefficient (Wildman–Crippen LogP) is 5.02. The number of halogens is 1. The highest BCUT2D eigenvalue weighted by atomic mass is 35.5. The van der Waals surface area contributed by atoms with E-state index in [1.54, 1.807) is 41.9 Å². The zero-order valence-corrected chi connectivity index (χ0v) is 16.8. The summed E-state index contributed by atoms with van der Waals surface area (Å²) >= 11 is 7.79. The van der Waals surface area contributed by atoms with Gasteiger partial charge < -0.3 is 5.32 Å². The molecule has 4 rings (SSSR count). The molecular formula is C21H16ClN5OS. The number of benzene rings is 1. The molecule has 0 amide bonds. The molecule has 0 aliphatic rings. The van der Waals surface area contributed by atoms with Crippen LogP contribution in [0.3, 0.4) is 0 Å².